The normalized spacial score (nSPS) is 11.9. The quantitative estimate of drug-likeness (QED) is 0.184. The van der Waals surface area contributed by atoms with E-state index >= 15 is 0 Å². The molecule has 0 saturated heterocycles. The zero-order valence-electron chi connectivity index (χ0n) is 15.0. The molecule has 12 heteroatoms. The Morgan fingerprint density at radius 2 is 2.00 bits per heavy atom. The second-order valence-corrected chi connectivity index (χ2v) is 7.67. The molecule has 0 aliphatic carbocycles. The van der Waals surface area contributed by atoms with Crippen LogP contribution in [0.1, 0.15) is 18.9 Å². The molecule has 0 unspecified atom stereocenters. The summed E-state index contributed by atoms with van der Waals surface area (Å²) in [5.74, 6) is 0.499. The largest absolute Gasteiger partial charge is 0.434 e. The van der Waals surface area contributed by atoms with Gasteiger partial charge in [0.25, 0.3) is 0 Å². The fraction of sp³-hybridized carbons (Fsp3) is 0.533. The first-order chi connectivity index (χ1) is 12.3. The van der Waals surface area contributed by atoms with Crippen molar-refractivity contribution in [3.05, 3.63) is 28.8 Å². The molecule has 0 aliphatic heterocycles. The molecule has 0 heterocycles. The van der Waals surface area contributed by atoms with Crippen LogP contribution in [0, 0.1) is 0 Å². The highest BCUT2D eigenvalue weighted by molar-refractivity contribution is 14.0. The van der Waals surface area contributed by atoms with Gasteiger partial charge >= 0.3 is 6.61 Å². The summed E-state index contributed by atoms with van der Waals surface area (Å²) in [5.41, 5.74) is 0.455. The molecule has 27 heavy (non-hydrogen) atoms. The lowest BCUT2D eigenvalue weighted by molar-refractivity contribution is -0.0504. The molecule has 0 fully saturated rings. The number of hydrogen-bond donors (Lipinski definition) is 3. The minimum atomic E-state index is -3.20. The van der Waals surface area contributed by atoms with E-state index in [1.807, 2.05) is 0 Å². The Kier molecular flexibility index (Phi) is 12.8. The molecule has 0 spiro atoms. The van der Waals surface area contributed by atoms with E-state index < -0.39 is 16.6 Å². The number of aliphatic imine (C=N–C) groups is 1. The van der Waals surface area contributed by atoms with Gasteiger partial charge < -0.3 is 15.4 Å². The Labute approximate surface area is 180 Å². The first-order valence-electron chi connectivity index (χ1n) is 7.92. The van der Waals surface area contributed by atoms with Crippen molar-refractivity contribution in [3.8, 4) is 5.75 Å². The van der Waals surface area contributed by atoms with Crippen molar-refractivity contribution in [1.82, 2.24) is 15.4 Å². The molecule has 7 nitrogen and oxygen atoms in total. The number of nitrogens with one attached hydrogen (secondary N) is 3. The summed E-state index contributed by atoms with van der Waals surface area (Å²) in [6.07, 6.45) is 0.552. The van der Waals surface area contributed by atoms with E-state index in [0.29, 0.717) is 36.1 Å². The van der Waals surface area contributed by atoms with E-state index in [-0.39, 0.29) is 42.0 Å². The van der Waals surface area contributed by atoms with Gasteiger partial charge in [-0.3, -0.25) is 4.99 Å². The lowest BCUT2D eigenvalue weighted by atomic mass is 10.2. The van der Waals surface area contributed by atoms with Crippen molar-refractivity contribution in [2.45, 2.75) is 26.5 Å². The molecule has 1 rings (SSSR count). The summed E-state index contributed by atoms with van der Waals surface area (Å²) in [6.45, 7) is -0.416. The number of nitrogens with zero attached hydrogens (tertiary/aromatic N) is 1. The van der Waals surface area contributed by atoms with Crippen LogP contribution in [-0.4, -0.2) is 46.9 Å². The average Bonchev–Trinajstić information content (AvgIpc) is 2.59. The predicted octanol–water partition coefficient (Wildman–Crippen LogP) is 2.55. The van der Waals surface area contributed by atoms with Gasteiger partial charge in [-0.2, -0.15) is 8.78 Å². The van der Waals surface area contributed by atoms with Gasteiger partial charge in [0.2, 0.25) is 10.0 Å². The summed E-state index contributed by atoms with van der Waals surface area (Å²) in [7, 11) is -1.64. The van der Waals surface area contributed by atoms with Crippen molar-refractivity contribution >= 4 is 51.6 Å². The van der Waals surface area contributed by atoms with Crippen molar-refractivity contribution in [1.29, 1.82) is 0 Å². The summed E-state index contributed by atoms with van der Waals surface area (Å²) >= 11 is 5.90. The summed E-state index contributed by atoms with van der Waals surface area (Å²) in [5, 5.41) is 6.36. The lowest BCUT2D eigenvalue weighted by Gasteiger charge is -2.15. The maximum atomic E-state index is 12.5. The van der Waals surface area contributed by atoms with Crippen molar-refractivity contribution < 1.29 is 21.9 Å². The fourth-order valence-corrected chi connectivity index (χ4v) is 2.78. The highest BCUT2D eigenvalue weighted by atomic mass is 127. The van der Waals surface area contributed by atoms with Crippen LogP contribution >= 0.6 is 35.6 Å². The van der Waals surface area contributed by atoms with Crippen LogP contribution in [0.3, 0.4) is 0 Å². The molecule has 0 radical (unpaired) electrons. The van der Waals surface area contributed by atoms with Crippen LogP contribution in [0.15, 0.2) is 23.2 Å². The molecule has 0 atom stereocenters. The third-order valence-electron chi connectivity index (χ3n) is 3.26. The summed E-state index contributed by atoms with van der Waals surface area (Å²) < 4.78 is 54.4. The van der Waals surface area contributed by atoms with Gasteiger partial charge in [0.1, 0.15) is 5.75 Å². The number of alkyl halides is 2. The zero-order valence-corrected chi connectivity index (χ0v) is 18.9. The fourth-order valence-electron chi connectivity index (χ4n) is 1.92. The Bertz CT molecular complexity index is 708. The molecular formula is C15H24ClF2IN4O3S. The molecule has 1 aromatic carbocycles. The number of guanidine groups is 1. The van der Waals surface area contributed by atoms with E-state index in [4.69, 9.17) is 11.6 Å². The third-order valence-corrected chi connectivity index (χ3v) is 4.90. The minimum absolute atomic E-state index is 0. The van der Waals surface area contributed by atoms with E-state index in [0.717, 1.165) is 0 Å². The van der Waals surface area contributed by atoms with E-state index in [2.05, 4.69) is 25.1 Å². The number of rotatable bonds is 10. The first-order valence-corrected chi connectivity index (χ1v) is 9.95. The molecule has 3 N–H and O–H groups in total. The summed E-state index contributed by atoms with van der Waals surface area (Å²) in [6, 6.07) is 4.37. The number of halogens is 4. The van der Waals surface area contributed by atoms with Crippen LogP contribution in [0.4, 0.5) is 8.78 Å². The average molecular weight is 541 g/mol. The molecule has 0 aromatic heterocycles. The van der Waals surface area contributed by atoms with Gasteiger partial charge in [-0.25, -0.2) is 13.1 Å². The van der Waals surface area contributed by atoms with E-state index in [1.165, 1.54) is 18.2 Å². The van der Waals surface area contributed by atoms with Crippen LogP contribution < -0.4 is 20.1 Å². The maximum Gasteiger partial charge on any atom is 0.387 e. The first kappa shape index (κ1) is 26.1. The Hall–Kier alpha value is -0.920. The number of hydrogen-bond acceptors (Lipinski definition) is 4. The Morgan fingerprint density at radius 3 is 2.59 bits per heavy atom. The van der Waals surface area contributed by atoms with Gasteiger partial charge in [-0.1, -0.05) is 11.6 Å². The second-order valence-electron chi connectivity index (χ2n) is 5.13. The summed E-state index contributed by atoms with van der Waals surface area (Å²) in [4.78, 5) is 4.01. The van der Waals surface area contributed by atoms with Gasteiger partial charge in [-0.05, 0) is 31.5 Å². The van der Waals surface area contributed by atoms with Crippen LogP contribution in [0.5, 0.6) is 5.75 Å². The van der Waals surface area contributed by atoms with Gasteiger partial charge in [0, 0.05) is 37.3 Å². The predicted molar refractivity (Wildman–Crippen MR) is 114 cm³/mol. The van der Waals surface area contributed by atoms with E-state index in [1.54, 1.807) is 14.0 Å². The molecular weight excluding hydrogens is 517 g/mol. The molecule has 0 saturated carbocycles. The smallest absolute Gasteiger partial charge is 0.387 e. The number of ether oxygens (including phenoxy) is 1. The van der Waals surface area contributed by atoms with Crippen molar-refractivity contribution in [2.24, 2.45) is 4.99 Å². The standard InChI is InChI=1S/C15H23ClF2N4O3S.HI/c1-3-26(23,24)22-8-4-7-20-15(19-2)21-10-11-9-12(16)5-6-13(11)25-14(17)18;/h5-6,9,14,22H,3-4,7-8,10H2,1-2H3,(H2,19,20,21);1H. The highest BCUT2D eigenvalue weighted by Gasteiger charge is 2.11. The molecule has 0 amide bonds. The molecule has 0 bridgehead atoms. The van der Waals surface area contributed by atoms with Gasteiger partial charge in [-0.15, -0.1) is 24.0 Å². The Morgan fingerprint density at radius 1 is 1.30 bits per heavy atom. The SMILES string of the molecule is CCS(=O)(=O)NCCCNC(=NC)NCc1cc(Cl)ccc1OC(F)F.I. The van der Waals surface area contributed by atoms with Crippen molar-refractivity contribution in [3.63, 3.8) is 0 Å². The lowest BCUT2D eigenvalue weighted by Crippen LogP contribution is -2.38. The van der Waals surface area contributed by atoms with Gasteiger partial charge in [0.05, 0.1) is 5.75 Å². The van der Waals surface area contributed by atoms with Crippen LogP contribution in [0.2, 0.25) is 5.02 Å². The number of benzene rings is 1. The molecule has 0 aliphatic rings. The minimum Gasteiger partial charge on any atom is -0.434 e. The zero-order chi connectivity index (χ0) is 19.6. The van der Waals surface area contributed by atoms with Crippen LogP contribution in [-0.2, 0) is 16.6 Å². The van der Waals surface area contributed by atoms with Crippen LogP contribution in [0.25, 0.3) is 0 Å². The monoisotopic (exact) mass is 540 g/mol. The molecule has 1 aromatic rings. The highest BCUT2D eigenvalue weighted by Crippen LogP contribution is 2.24. The Balaban J connectivity index is 0.00000676. The maximum absolute atomic E-state index is 12.5. The van der Waals surface area contributed by atoms with Gasteiger partial charge in [0.15, 0.2) is 5.96 Å². The van der Waals surface area contributed by atoms with Crippen molar-refractivity contribution in [2.75, 3.05) is 25.9 Å². The third kappa shape index (κ3) is 10.9. The van der Waals surface area contributed by atoms with E-state index in [9.17, 15) is 17.2 Å². The number of sulfonamides is 1. The second kappa shape index (κ2) is 13.3. The molecule has 156 valence electrons. The topological polar surface area (TPSA) is 91.8 Å².